The molecule has 2 heterocycles. The first kappa shape index (κ1) is 23.3. The van der Waals surface area contributed by atoms with E-state index in [1.165, 1.54) is 12.1 Å². The lowest BCUT2D eigenvalue weighted by Crippen LogP contribution is -2.35. The smallest absolute Gasteiger partial charge is 0.493 e. The number of rotatable bonds is 7. The fourth-order valence-corrected chi connectivity index (χ4v) is 3.67. The number of hydrogen-bond acceptors (Lipinski definition) is 6. The Bertz CT molecular complexity index is 1160. The third-order valence-electron chi connectivity index (χ3n) is 5.32. The molecule has 0 atom stereocenters. The maximum absolute atomic E-state index is 13.0. The molecule has 2 aromatic carbocycles. The van der Waals surface area contributed by atoms with E-state index in [4.69, 9.17) is 18.6 Å². The average Bonchev–Trinajstić information content (AvgIpc) is 3.30. The molecule has 0 aliphatic carbocycles. The summed E-state index contributed by atoms with van der Waals surface area (Å²) in [4.78, 5) is 14.6. The second-order valence-electron chi connectivity index (χ2n) is 7.53. The predicted octanol–water partition coefficient (Wildman–Crippen LogP) is 4.97. The van der Waals surface area contributed by atoms with Gasteiger partial charge in [-0.2, -0.15) is 0 Å². The highest BCUT2D eigenvalue weighted by atomic mass is 19.4. The number of halogens is 3. The lowest BCUT2D eigenvalue weighted by atomic mass is 9.98. The van der Waals surface area contributed by atoms with Crippen LogP contribution in [0.1, 0.15) is 27.4 Å². The fraction of sp³-hybridized carbons (Fsp3) is 0.292. The van der Waals surface area contributed by atoms with Crippen molar-refractivity contribution in [3.05, 3.63) is 71.2 Å². The summed E-state index contributed by atoms with van der Waals surface area (Å²) in [5.41, 5.74) is 2.08. The second-order valence-corrected chi connectivity index (χ2v) is 7.53. The minimum absolute atomic E-state index is 0.00653. The van der Waals surface area contributed by atoms with E-state index in [2.05, 4.69) is 4.74 Å². The number of benzene rings is 2. The van der Waals surface area contributed by atoms with E-state index >= 15 is 0 Å². The van der Waals surface area contributed by atoms with E-state index in [9.17, 15) is 18.0 Å². The van der Waals surface area contributed by atoms with Gasteiger partial charge >= 0.3 is 6.36 Å². The zero-order chi connectivity index (χ0) is 24.3. The van der Waals surface area contributed by atoms with Crippen molar-refractivity contribution < 1.29 is 41.3 Å². The van der Waals surface area contributed by atoms with E-state index in [-0.39, 0.29) is 24.0 Å². The Morgan fingerprint density at radius 3 is 2.26 bits per heavy atom. The molecule has 1 aliphatic rings. The maximum atomic E-state index is 13.0. The molecule has 10 heteroatoms. The molecule has 1 aliphatic heterocycles. The molecule has 0 bridgehead atoms. The lowest BCUT2D eigenvalue weighted by Gasteiger charge is -2.29. The van der Waals surface area contributed by atoms with Crippen molar-refractivity contribution in [3.63, 3.8) is 0 Å². The number of nitrogens with zero attached hydrogens (tertiary/aromatic N) is 1. The summed E-state index contributed by atoms with van der Waals surface area (Å²) in [7, 11) is 3.14. The fourth-order valence-electron chi connectivity index (χ4n) is 3.67. The molecule has 0 fully saturated rings. The number of ether oxygens (including phenoxy) is 4. The van der Waals surface area contributed by atoms with Gasteiger partial charge in [-0.1, -0.05) is 0 Å². The molecule has 0 saturated carbocycles. The van der Waals surface area contributed by atoms with Crippen molar-refractivity contribution in [1.29, 1.82) is 0 Å². The number of carbonyl (C=O) groups excluding carboxylic acids is 1. The molecule has 4 rings (SSSR count). The van der Waals surface area contributed by atoms with Crippen LogP contribution >= 0.6 is 0 Å². The van der Waals surface area contributed by atoms with Gasteiger partial charge in [-0.15, -0.1) is 13.2 Å². The van der Waals surface area contributed by atoms with Crippen LogP contribution in [-0.4, -0.2) is 37.9 Å². The van der Waals surface area contributed by atoms with Gasteiger partial charge in [0, 0.05) is 13.1 Å². The van der Waals surface area contributed by atoms with E-state index in [1.54, 1.807) is 31.3 Å². The Labute approximate surface area is 193 Å². The normalized spacial score (nSPS) is 13.3. The van der Waals surface area contributed by atoms with Crippen LogP contribution in [-0.2, 0) is 19.6 Å². The van der Waals surface area contributed by atoms with E-state index in [1.807, 2.05) is 12.1 Å². The number of hydrogen-bond donors (Lipinski definition) is 0. The standard InChI is InChI=1S/C24H22F3NO6/c1-30-21-11-15-9-10-28(13-16(15)12-22(21)31-2)23(29)20-8-7-19(33-20)14-32-17-3-5-18(6-4-17)34-24(25,26)27/h3-8,11-12H,9-10,13-14H2,1-2H3. The summed E-state index contributed by atoms with van der Waals surface area (Å²) in [6, 6.07) is 12.0. The van der Waals surface area contributed by atoms with Gasteiger partial charge in [0.15, 0.2) is 17.3 Å². The summed E-state index contributed by atoms with van der Waals surface area (Å²) < 4.78 is 62.4. The van der Waals surface area contributed by atoms with Gasteiger partial charge in [-0.3, -0.25) is 4.79 Å². The largest absolute Gasteiger partial charge is 0.573 e. The van der Waals surface area contributed by atoms with Crippen LogP contribution < -0.4 is 18.9 Å². The molecule has 0 unspecified atom stereocenters. The van der Waals surface area contributed by atoms with Gasteiger partial charge in [-0.25, -0.2) is 0 Å². The maximum Gasteiger partial charge on any atom is 0.573 e. The van der Waals surface area contributed by atoms with Crippen LogP contribution in [0.4, 0.5) is 13.2 Å². The zero-order valence-corrected chi connectivity index (χ0v) is 18.5. The van der Waals surface area contributed by atoms with Crippen LogP contribution in [0.25, 0.3) is 0 Å². The molecule has 1 aromatic heterocycles. The molecule has 1 amide bonds. The highest BCUT2D eigenvalue weighted by Crippen LogP contribution is 2.33. The summed E-state index contributed by atoms with van der Waals surface area (Å²) in [5.74, 6) is 1.57. The number of amides is 1. The van der Waals surface area contributed by atoms with Crippen LogP contribution in [0.15, 0.2) is 52.9 Å². The van der Waals surface area contributed by atoms with Crippen molar-refractivity contribution in [2.45, 2.75) is 25.9 Å². The minimum atomic E-state index is -4.76. The monoisotopic (exact) mass is 477 g/mol. The summed E-state index contributed by atoms with van der Waals surface area (Å²) in [6.45, 7) is 0.945. The quantitative estimate of drug-likeness (QED) is 0.479. The Morgan fingerprint density at radius 1 is 0.971 bits per heavy atom. The first-order valence-corrected chi connectivity index (χ1v) is 10.4. The molecule has 180 valence electrons. The second kappa shape index (κ2) is 9.58. The molecule has 0 radical (unpaired) electrons. The average molecular weight is 477 g/mol. The van der Waals surface area contributed by atoms with Gasteiger partial charge in [0.1, 0.15) is 23.9 Å². The third-order valence-corrected chi connectivity index (χ3v) is 5.32. The van der Waals surface area contributed by atoms with Crippen molar-refractivity contribution >= 4 is 5.91 Å². The van der Waals surface area contributed by atoms with E-state index in [0.29, 0.717) is 42.5 Å². The number of carbonyl (C=O) groups is 1. The van der Waals surface area contributed by atoms with Gasteiger partial charge in [0.05, 0.1) is 14.2 Å². The molecule has 0 spiro atoms. The van der Waals surface area contributed by atoms with Crippen molar-refractivity contribution in [3.8, 4) is 23.0 Å². The van der Waals surface area contributed by atoms with Gasteiger partial charge < -0.3 is 28.3 Å². The Balaban J connectivity index is 1.36. The zero-order valence-electron chi connectivity index (χ0n) is 18.5. The minimum Gasteiger partial charge on any atom is -0.493 e. The SMILES string of the molecule is COc1cc2c(cc1OC)CN(C(=O)c1ccc(COc3ccc(OC(F)(F)F)cc3)o1)CC2. The number of furan rings is 1. The van der Waals surface area contributed by atoms with Crippen LogP contribution in [0.5, 0.6) is 23.0 Å². The summed E-state index contributed by atoms with van der Waals surface area (Å²) in [6.07, 6.45) is -4.08. The molecular formula is C24H22F3NO6. The molecule has 0 saturated heterocycles. The first-order valence-electron chi connectivity index (χ1n) is 10.4. The molecule has 7 nitrogen and oxygen atoms in total. The number of methoxy groups -OCH3 is 2. The highest BCUT2D eigenvalue weighted by Gasteiger charge is 2.31. The molecular weight excluding hydrogens is 455 g/mol. The van der Waals surface area contributed by atoms with E-state index < -0.39 is 6.36 Å². The van der Waals surface area contributed by atoms with Crippen LogP contribution in [0.2, 0.25) is 0 Å². The van der Waals surface area contributed by atoms with Crippen LogP contribution in [0.3, 0.4) is 0 Å². The Kier molecular flexibility index (Phi) is 6.58. The summed E-state index contributed by atoms with van der Waals surface area (Å²) in [5, 5.41) is 0. The van der Waals surface area contributed by atoms with Gasteiger partial charge in [-0.05, 0) is 66.1 Å². The van der Waals surface area contributed by atoms with Gasteiger partial charge in [0.2, 0.25) is 0 Å². The first-order chi connectivity index (χ1) is 16.3. The van der Waals surface area contributed by atoms with Crippen molar-refractivity contribution in [1.82, 2.24) is 4.90 Å². The summed E-state index contributed by atoms with van der Waals surface area (Å²) >= 11 is 0. The van der Waals surface area contributed by atoms with Crippen molar-refractivity contribution in [2.24, 2.45) is 0 Å². The van der Waals surface area contributed by atoms with Gasteiger partial charge in [0.25, 0.3) is 5.91 Å². The topological polar surface area (TPSA) is 70.4 Å². The Morgan fingerprint density at radius 2 is 1.62 bits per heavy atom. The number of fused-ring (bicyclic) bond motifs is 1. The third kappa shape index (κ3) is 5.38. The predicted molar refractivity (Wildman–Crippen MR) is 114 cm³/mol. The van der Waals surface area contributed by atoms with E-state index in [0.717, 1.165) is 23.3 Å². The molecule has 0 N–H and O–H groups in total. The lowest BCUT2D eigenvalue weighted by molar-refractivity contribution is -0.274. The molecule has 34 heavy (non-hydrogen) atoms. The number of alkyl halides is 3. The highest BCUT2D eigenvalue weighted by molar-refractivity contribution is 5.91. The molecule has 3 aromatic rings. The van der Waals surface area contributed by atoms with Crippen LogP contribution in [0, 0.1) is 0 Å². The Hall–Kier alpha value is -3.82. The van der Waals surface area contributed by atoms with Crippen molar-refractivity contribution in [2.75, 3.05) is 20.8 Å².